The number of benzene rings is 1. The number of furan rings is 1. The number of guanidine groups is 1. The Morgan fingerprint density at radius 2 is 1.94 bits per heavy atom. The molecule has 0 radical (unpaired) electrons. The maximum absolute atomic E-state index is 12.4. The monoisotopic (exact) mass is 539 g/mol. The molecule has 2 heterocycles. The van der Waals surface area contributed by atoms with Gasteiger partial charge in [0.25, 0.3) is 5.91 Å². The Balaban J connectivity index is 0.00000341. The predicted octanol–water partition coefficient (Wildman–Crippen LogP) is 3.37. The number of nitrogens with zero attached hydrogens (tertiary/aromatic N) is 2. The van der Waals surface area contributed by atoms with Gasteiger partial charge in [0.2, 0.25) is 0 Å². The first kappa shape index (κ1) is 25.2. The summed E-state index contributed by atoms with van der Waals surface area (Å²) in [6.45, 7) is 8.07. The Hall–Kier alpha value is -2.07. The third-order valence-corrected chi connectivity index (χ3v) is 5.13. The van der Waals surface area contributed by atoms with Crippen molar-refractivity contribution < 1.29 is 9.21 Å². The highest BCUT2D eigenvalue weighted by molar-refractivity contribution is 14.0. The molecule has 2 aromatic rings. The van der Waals surface area contributed by atoms with Crippen molar-refractivity contribution in [3.63, 3.8) is 0 Å². The van der Waals surface area contributed by atoms with Crippen molar-refractivity contribution >= 4 is 35.8 Å². The van der Waals surface area contributed by atoms with Crippen LogP contribution in [-0.4, -0.2) is 49.5 Å². The van der Waals surface area contributed by atoms with Crippen molar-refractivity contribution in [2.24, 2.45) is 4.99 Å². The summed E-state index contributed by atoms with van der Waals surface area (Å²) >= 11 is 0. The van der Waals surface area contributed by atoms with Crippen LogP contribution >= 0.6 is 24.0 Å². The largest absolute Gasteiger partial charge is 0.467 e. The second kappa shape index (κ2) is 14.1. The average molecular weight is 539 g/mol. The first-order chi connectivity index (χ1) is 14.7. The number of halogens is 1. The molecule has 0 spiro atoms. The van der Waals surface area contributed by atoms with E-state index in [0.29, 0.717) is 18.7 Å². The molecular formula is C23H34IN5O2. The van der Waals surface area contributed by atoms with E-state index in [2.05, 4.69) is 32.8 Å². The van der Waals surface area contributed by atoms with Crippen LogP contribution in [0, 0.1) is 0 Å². The third-order valence-electron chi connectivity index (χ3n) is 5.13. The van der Waals surface area contributed by atoms with E-state index in [0.717, 1.165) is 36.9 Å². The van der Waals surface area contributed by atoms with Gasteiger partial charge in [-0.25, -0.2) is 4.99 Å². The summed E-state index contributed by atoms with van der Waals surface area (Å²) in [4.78, 5) is 19.6. The molecular weight excluding hydrogens is 505 g/mol. The molecule has 1 aliphatic heterocycles. The van der Waals surface area contributed by atoms with Crippen molar-refractivity contribution in [3.05, 3.63) is 59.5 Å². The van der Waals surface area contributed by atoms with Crippen molar-refractivity contribution in [3.8, 4) is 0 Å². The molecule has 0 atom stereocenters. The van der Waals surface area contributed by atoms with E-state index in [4.69, 9.17) is 4.42 Å². The Morgan fingerprint density at radius 3 is 2.68 bits per heavy atom. The molecule has 1 amide bonds. The second-order valence-electron chi connectivity index (χ2n) is 7.49. The number of aliphatic imine (C=N–C) groups is 1. The molecule has 3 rings (SSSR count). The van der Waals surface area contributed by atoms with E-state index in [1.807, 2.05) is 36.4 Å². The molecule has 0 saturated carbocycles. The fourth-order valence-corrected chi connectivity index (χ4v) is 3.52. The van der Waals surface area contributed by atoms with Crippen LogP contribution in [0.15, 0.2) is 52.1 Å². The van der Waals surface area contributed by atoms with Crippen LogP contribution in [0.2, 0.25) is 0 Å². The van der Waals surface area contributed by atoms with Crippen LogP contribution in [0.4, 0.5) is 0 Å². The highest BCUT2D eigenvalue weighted by Gasteiger charge is 2.10. The second-order valence-corrected chi connectivity index (χ2v) is 7.49. The molecule has 0 bridgehead atoms. The minimum absolute atomic E-state index is 0. The molecule has 1 saturated heterocycles. The van der Waals surface area contributed by atoms with Crippen LogP contribution in [0.5, 0.6) is 0 Å². The Labute approximate surface area is 202 Å². The topological polar surface area (TPSA) is 81.9 Å². The number of nitrogens with one attached hydrogen (secondary N) is 3. The smallest absolute Gasteiger partial charge is 0.251 e. The number of hydrogen-bond acceptors (Lipinski definition) is 4. The Bertz CT molecular complexity index is 804. The van der Waals surface area contributed by atoms with E-state index in [1.165, 1.54) is 32.4 Å². The lowest BCUT2D eigenvalue weighted by Crippen LogP contribution is -2.42. The first-order valence-electron chi connectivity index (χ1n) is 10.9. The minimum atomic E-state index is -0.121. The zero-order valence-corrected chi connectivity index (χ0v) is 20.6. The Morgan fingerprint density at radius 1 is 1.10 bits per heavy atom. The lowest BCUT2D eigenvalue weighted by Gasteiger charge is -2.26. The van der Waals surface area contributed by atoms with Crippen LogP contribution in [0.1, 0.15) is 47.9 Å². The van der Waals surface area contributed by atoms with Crippen LogP contribution < -0.4 is 16.0 Å². The van der Waals surface area contributed by atoms with Gasteiger partial charge in [-0.3, -0.25) is 4.79 Å². The molecule has 1 fully saturated rings. The summed E-state index contributed by atoms with van der Waals surface area (Å²) in [7, 11) is 0. The van der Waals surface area contributed by atoms with Gasteiger partial charge in [0.15, 0.2) is 5.96 Å². The maximum atomic E-state index is 12.4. The highest BCUT2D eigenvalue weighted by Crippen LogP contribution is 2.09. The summed E-state index contributed by atoms with van der Waals surface area (Å²) in [6.07, 6.45) is 5.57. The number of amides is 1. The third kappa shape index (κ3) is 8.90. The summed E-state index contributed by atoms with van der Waals surface area (Å²) in [5.74, 6) is 1.42. The number of hydrogen-bond donors (Lipinski definition) is 3. The van der Waals surface area contributed by atoms with E-state index in [9.17, 15) is 4.79 Å². The van der Waals surface area contributed by atoms with Gasteiger partial charge in [0.05, 0.1) is 19.4 Å². The van der Waals surface area contributed by atoms with E-state index < -0.39 is 0 Å². The zero-order chi connectivity index (χ0) is 21.0. The molecule has 7 nitrogen and oxygen atoms in total. The van der Waals surface area contributed by atoms with Gasteiger partial charge >= 0.3 is 0 Å². The standard InChI is InChI=1S/C23H33N5O2.HI/c1-2-24-23(25-11-14-28-12-4-3-5-13-28)27-17-19-8-6-9-20(16-19)22(29)26-18-21-10-7-15-30-21;/h6-10,15-16H,2-5,11-14,17-18H2,1H3,(H,26,29)(H2,24,25,27);1H. The fraction of sp³-hybridized carbons (Fsp3) is 0.478. The van der Waals surface area contributed by atoms with Crippen molar-refractivity contribution in [1.82, 2.24) is 20.9 Å². The number of piperidine rings is 1. The lowest BCUT2D eigenvalue weighted by atomic mass is 10.1. The number of rotatable bonds is 9. The minimum Gasteiger partial charge on any atom is -0.467 e. The van der Waals surface area contributed by atoms with Gasteiger partial charge in [-0.2, -0.15) is 0 Å². The molecule has 31 heavy (non-hydrogen) atoms. The normalized spacial score (nSPS) is 14.5. The van der Waals surface area contributed by atoms with Crippen molar-refractivity contribution in [1.29, 1.82) is 0 Å². The molecule has 1 aliphatic rings. The first-order valence-corrected chi connectivity index (χ1v) is 10.9. The molecule has 3 N–H and O–H groups in total. The quantitative estimate of drug-likeness (QED) is 0.259. The summed E-state index contributed by atoms with van der Waals surface area (Å²) in [5, 5.41) is 9.59. The van der Waals surface area contributed by atoms with Gasteiger partial charge in [-0.05, 0) is 62.7 Å². The van der Waals surface area contributed by atoms with Gasteiger partial charge < -0.3 is 25.3 Å². The molecule has 0 unspecified atom stereocenters. The molecule has 1 aromatic carbocycles. The number of likely N-dealkylation sites (tertiary alicyclic amines) is 1. The molecule has 0 aliphatic carbocycles. The predicted molar refractivity (Wildman–Crippen MR) is 135 cm³/mol. The SMILES string of the molecule is CCNC(=NCc1cccc(C(=O)NCc2ccco2)c1)NCCN1CCCCC1.I. The Kier molecular flexibility index (Phi) is 11.4. The van der Waals surface area contributed by atoms with Crippen LogP contribution in [-0.2, 0) is 13.1 Å². The number of carbonyl (C=O) groups excluding carboxylic acids is 1. The van der Waals surface area contributed by atoms with E-state index in [-0.39, 0.29) is 29.9 Å². The highest BCUT2D eigenvalue weighted by atomic mass is 127. The van der Waals surface area contributed by atoms with Crippen LogP contribution in [0.25, 0.3) is 0 Å². The van der Waals surface area contributed by atoms with E-state index >= 15 is 0 Å². The van der Waals surface area contributed by atoms with Crippen LogP contribution in [0.3, 0.4) is 0 Å². The number of carbonyl (C=O) groups is 1. The summed E-state index contributed by atoms with van der Waals surface area (Å²) < 4.78 is 5.25. The average Bonchev–Trinajstić information content (AvgIpc) is 3.30. The fourth-order valence-electron chi connectivity index (χ4n) is 3.52. The van der Waals surface area contributed by atoms with Crippen molar-refractivity contribution in [2.45, 2.75) is 39.3 Å². The molecule has 1 aromatic heterocycles. The van der Waals surface area contributed by atoms with Crippen molar-refractivity contribution in [2.75, 3.05) is 32.7 Å². The van der Waals surface area contributed by atoms with Gasteiger partial charge in [0, 0.05) is 25.2 Å². The van der Waals surface area contributed by atoms with Gasteiger partial charge in [-0.1, -0.05) is 18.6 Å². The summed E-state index contributed by atoms with van der Waals surface area (Å²) in [5.41, 5.74) is 1.62. The van der Waals surface area contributed by atoms with E-state index in [1.54, 1.807) is 6.26 Å². The zero-order valence-electron chi connectivity index (χ0n) is 18.2. The van der Waals surface area contributed by atoms with Gasteiger partial charge in [-0.15, -0.1) is 24.0 Å². The lowest BCUT2D eigenvalue weighted by molar-refractivity contribution is 0.0948. The molecule has 8 heteroatoms. The molecule has 170 valence electrons. The maximum Gasteiger partial charge on any atom is 0.251 e. The summed E-state index contributed by atoms with van der Waals surface area (Å²) in [6, 6.07) is 11.2. The van der Waals surface area contributed by atoms with Gasteiger partial charge in [0.1, 0.15) is 5.76 Å².